The first kappa shape index (κ1) is 24.0. The zero-order chi connectivity index (χ0) is 19.6. The molecule has 0 fully saturated rings. The van der Waals surface area contributed by atoms with Crippen LogP contribution in [0.3, 0.4) is 0 Å². The minimum Gasteiger partial charge on any atom is -0.349 e. The van der Waals surface area contributed by atoms with Crippen molar-refractivity contribution < 1.29 is 14.3 Å². The predicted molar refractivity (Wildman–Crippen MR) is 111 cm³/mol. The molecule has 0 aliphatic carbocycles. The first-order valence-electron chi connectivity index (χ1n) is 9.24. The van der Waals surface area contributed by atoms with Crippen LogP contribution in [0.2, 0.25) is 0 Å². The van der Waals surface area contributed by atoms with Crippen LogP contribution in [-0.4, -0.2) is 25.8 Å². The average molecular weight is 359 g/mol. The van der Waals surface area contributed by atoms with Crippen LogP contribution in [0.15, 0.2) is 59.7 Å². The fourth-order valence-electron chi connectivity index (χ4n) is 2.09. The van der Waals surface area contributed by atoms with Crippen molar-refractivity contribution in [2.24, 2.45) is 0 Å². The van der Waals surface area contributed by atoms with Gasteiger partial charge in [0.15, 0.2) is 6.29 Å². The molecule has 0 aliphatic heterocycles. The molecule has 1 rings (SSSR count). The molecule has 0 radical (unpaired) electrons. The second-order valence-corrected chi connectivity index (χ2v) is 6.02. The molecule has 0 atom stereocenters. The third kappa shape index (κ3) is 14.4. The number of allylic oxidation sites excluding steroid dienone is 4. The lowest BCUT2D eigenvalue weighted by Crippen LogP contribution is -2.14. The molecule has 0 saturated heterocycles. The van der Waals surface area contributed by atoms with Gasteiger partial charge >= 0.3 is 0 Å². The van der Waals surface area contributed by atoms with E-state index in [1.807, 2.05) is 44.2 Å². The molecule has 1 aromatic rings. The summed E-state index contributed by atoms with van der Waals surface area (Å²) in [6, 6.07) is 9.70. The minimum absolute atomic E-state index is 0.179. The number of hydrogen-bond donors (Lipinski definition) is 0. The van der Waals surface area contributed by atoms with Crippen LogP contribution in [0.4, 0.5) is 0 Å². The molecule has 0 saturated carbocycles. The summed E-state index contributed by atoms with van der Waals surface area (Å²) in [6.07, 6.45) is 10.3. The zero-order valence-corrected chi connectivity index (χ0v) is 16.9. The van der Waals surface area contributed by atoms with E-state index in [2.05, 4.69) is 32.9 Å². The monoisotopic (exact) mass is 358 g/mol. The van der Waals surface area contributed by atoms with Gasteiger partial charge in [-0.05, 0) is 65.2 Å². The van der Waals surface area contributed by atoms with Gasteiger partial charge in [0.05, 0.1) is 0 Å². The lowest BCUT2D eigenvalue weighted by molar-refractivity contribution is -0.104. The molecule has 3 nitrogen and oxygen atoms in total. The highest BCUT2D eigenvalue weighted by Gasteiger charge is 2.03. The zero-order valence-electron chi connectivity index (χ0n) is 16.9. The topological polar surface area (TPSA) is 35.5 Å². The van der Waals surface area contributed by atoms with Gasteiger partial charge in [0.2, 0.25) is 0 Å². The smallest absolute Gasteiger partial charge is 0.177 e. The number of hydrogen-bond acceptors (Lipinski definition) is 3. The Labute approximate surface area is 159 Å². The molecule has 0 heterocycles. The molecule has 0 bridgehead atoms. The Hall–Kier alpha value is -1.97. The maximum absolute atomic E-state index is 9.89. The largest absolute Gasteiger partial charge is 0.349 e. The van der Waals surface area contributed by atoms with Crippen LogP contribution >= 0.6 is 0 Å². The molecule has 3 heteroatoms. The van der Waals surface area contributed by atoms with E-state index in [9.17, 15) is 4.79 Å². The van der Waals surface area contributed by atoms with Gasteiger partial charge in [-0.2, -0.15) is 0 Å². The van der Waals surface area contributed by atoms with Crippen molar-refractivity contribution in [1.29, 1.82) is 0 Å². The van der Waals surface area contributed by atoms with Gasteiger partial charge in [-0.1, -0.05) is 53.6 Å². The molecule has 0 amide bonds. The first-order chi connectivity index (χ1) is 12.5. The van der Waals surface area contributed by atoms with E-state index in [0.29, 0.717) is 13.2 Å². The van der Waals surface area contributed by atoms with Crippen molar-refractivity contribution >= 4 is 12.4 Å². The molecule has 0 N–H and O–H groups in total. The van der Waals surface area contributed by atoms with Crippen LogP contribution < -0.4 is 0 Å². The summed E-state index contributed by atoms with van der Waals surface area (Å²) in [7, 11) is 0. The number of carbonyl (C=O) groups excluding carboxylic acids is 1. The van der Waals surface area contributed by atoms with Crippen LogP contribution in [0, 0.1) is 0 Å². The Bertz CT molecular complexity index is 546. The van der Waals surface area contributed by atoms with E-state index in [4.69, 9.17) is 9.47 Å². The summed E-state index contributed by atoms with van der Waals surface area (Å²) in [5.74, 6) is 0. The van der Waals surface area contributed by atoms with Crippen LogP contribution in [0.1, 0.15) is 53.0 Å². The van der Waals surface area contributed by atoms with E-state index in [0.717, 1.165) is 24.7 Å². The molecule has 1 aromatic carbocycles. The third-order valence-corrected chi connectivity index (χ3v) is 3.34. The SMILES string of the molecule is CCOC(C=C(C)CCC=C(C)C)OCC.O=CC=Cc1ccccc1. The van der Waals surface area contributed by atoms with E-state index in [-0.39, 0.29) is 6.29 Å². The summed E-state index contributed by atoms with van der Waals surface area (Å²) in [5.41, 5.74) is 3.75. The average Bonchev–Trinajstić information content (AvgIpc) is 2.61. The van der Waals surface area contributed by atoms with Gasteiger partial charge in [0, 0.05) is 13.2 Å². The molecule has 0 unspecified atom stereocenters. The van der Waals surface area contributed by atoms with Gasteiger partial charge in [-0.3, -0.25) is 4.79 Å². The number of benzene rings is 1. The number of carbonyl (C=O) groups is 1. The fourth-order valence-corrected chi connectivity index (χ4v) is 2.09. The molecule has 0 aromatic heterocycles. The minimum atomic E-state index is -0.179. The van der Waals surface area contributed by atoms with Gasteiger partial charge in [-0.25, -0.2) is 0 Å². The summed E-state index contributed by atoms with van der Waals surface area (Å²) in [5, 5.41) is 0. The van der Waals surface area contributed by atoms with Crippen molar-refractivity contribution in [3.8, 4) is 0 Å². The Kier molecular flexibility index (Phi) is 15.2. The lowest BCUT2D eigenvalue weighted by Gasteiger charge is -2.14. The van der Waals surface area contributed by atoms with E-state index >= 15 is 0 Å². The highest BCUT2D eigenvalue weighted by Crippen LogP contribution is 2.10. The van der Waals surface area contributed by atoms with Crippen molar-refractivity contribution in [1.82, 2.24) is 0 Å². The van der Waals surface area contributed by atoms with Crippen LogP contribution in [0.25, 0.3) is 6.08 Å². The molecule has 144 valence electrons. The van der Waals surface area contributed by atoms with Crippen molar-refractivity contribution in [3.05, 3.63) is 65.3 Å². The Morgan fingerprint density at radius 3 is 2.15 bits per heavy atom. The standard InChI is InChI=1S/C14H26O2.C9H8O/c1-6-15-14(16-7-2)11-13(5)10-8-9-12(3)4;10-8-4-7-9-5-2-1-3-6-9/h9,11,14H,6-8,10H2,1-5H3;1-8H. The maximum atomic E-state index is 9.89. The number of rotatable bonds is 10. The highest BCUT2D eigenvalue weighted by molar-refractivity contribution is 5.73. The molecular formula is C23H34O3. The number of aldehydes is 1. The Morgan fingerprint density at radius 2 is 1.65 bits per heavy atom. The van der Waals surface area contributed by atoms with E-state index in [1.165, 1.54) is 17.2 Å². The van der Waals surface area contributed by atoms with Crippen LogP contribution in [-0.2, 0) is 14.3 Å². The van der Waals surface area contributed by atoms with Gasteiger partial charge in [0.1, 0.15) is 6.29 Å². The van der Waals surface area contributed by atoms with E-state index in [1.54, 1.807) is 6.08 Å². The van der Waals surface area contributed by atoms with Gasteiger partial charge in [-0.15, -0.1) is 0 Å². The van der Waals surface area contributed by atoms with Crippen molar-refractivity contribution in [2.45, 2.75) is 53.8 Å². The second-order valence-electron chi connectivity index (χ2n) is 6.02. The first-order valence-corrected chi connectivity index (χ1v) is 9.24. The van der Waals surface area contributed by atoms with Gasteiger partial charge in [0.25, 0.3) is 0 Å². The highest BCUT2D eigenvalue weighted by atomic mass is 16.7. The molecule has 0 aliphatic rings. The number of ether oxygens (including phenoxy) is 2. The predicted octanol–water partition coefficient (Wildman–Crippen LogP) is 5.98. The lowest BCUT2D eigenvalue weighted by atomic mass is 10.1. The summed E-state index contributed by atoms with van der Waals surface area (Å²) in [4.78, 5) is 9.89. The fraction of sp³-hybridized carbons (Fsp3) is 0.435. The summed E-state index contributed by atoms with van der Waals surface area (Å²) in [6.45, 7) is 11.7. The molecule has 0 spiro atoms. The second kappa shape index (κ2) is 16.5. The summed E-state index contributed by atoms with van der Waals surface area (Å²) < 4.78 is 10.9. The summed E-state index contributed by atoms with van der Waals surface area (Å²) >= 11 is 0. The van der Waals surface area contributed by atoms with E-state index < -0.39 is 0 Å². The normalized spacial score (nSPS) is 11.2. The quantitative estimate of drug-likeness (QED) is 0.223. The molecule has 26 heavy (non-hydrogen) atoms. The van der Waals surface area contributed by atoms with Crippen molar-refractivity contribution in [3.63, 3.8) is 0 Å². The maximum Gasteiger partial charge on any atom is 0.177 e. The molecular weight excluding hydrogens is 324 g/mol. The van der Waals surface area contributed by atoms with Gasteiger partial charge < -0.3 is 9.47 Å². The third-order valence-electron chi connectivity index (χ3n) is 3.34. The Balaban J connectivity index is 0.000000531. The Morgan fingerprint density at radius 1 is 1.04 bits per heavy atom. The van der Waals surface area contributed by atoms with Crippen molar-refractivity contribution in [2.75, 3.05) is 13.2 Å². The van der Waals surface area contributed by atoms with Crippen LogP contribution in [0.5, 0.6) is 0 Å².